The van der Waals surface area contributed by atoms with Gasteiger partial charge in [0.15, 0.2) is 0 Å². The number of ether oxygens (including phenoxy) is 2. The van der Waals surface area contributed by atoms with Crippen LogP contribution in [0.25, 0.3) is 0 Å². The van der Waals surface area contributed by atoms with Gasteiger partial charge in [0, 0.05) is 12.8 Å². The van der Waals surface area contributed by atoms with E-state index in [0.29, 0.717) is 26.1 Å². The van der Waals surface area contributed by atoms with Crippen molar-refractivity contribution in [3.8, 4) is 0 Å². The van der Waals surface area contributed by atoms with Gasteiger partial charge in [-0.25, -0.2) is 0 Å². The Bertz CT molecular complexity index is 237. The molecular formula is C15H26O4. The minimum absolute atomic E-state index is 0.0960. The molecule has 0 aliphatic carbocycles. The first kappa shape index (κ1) is 16.0. The molecule has 1 fully saturated rings. The molecule has 0 bridgehead atoms. The number of carbonyl (C=O) groups excluding carboxylic acids is 2. The van der Waals surface area contributed by atoms with Gasteiger partial charge in [-0.3, -0.25) is 9.59 Å². The average Bonchev–Trinajstić information content (AvgIpc) is 2.40. The Morgan fingerprint density at radius 2 is 0.895 bits per heavy atom. The van der Waals surface area contributed by atoms with Crippen molar-refractivity contribution in [2.45, 2.75) is 70.6 Å². The van der Waals surface area contributed by atoms with Gasteiger partial charge in [0.1, 0.15) is 0 Å². The van der Waals surface area contributed by atoms with E-state index in [0.717, 1.165) is 51.4 Å². The Labute approximate surface area is 115 Å². The highest BCUT2D eigenvalue weighted by molar-refractivity contribution is 5.69. The molecule has 4 heteroatoms. The van der Waals surface area contributed by atoms with Crippen molar-refractivity contribution in [3.05, 3.63) is 0 Å². The predicted molar refractivity (Wildman–Crippen MR) is 72.7 cm³/mol. The topological polar surface area (TPSA) is 52.6 Å². The van der Waals surface area contributed by atoms with Crippen LogP contribution in [0.5, 0.6) is 0 Å². The molecule has 0 radical (unpaired) electrons. The van der Waals surface area contributed by atoms with E-state index >= 15 is 0 Å². The largest absolute Gasteiger partial charge is 0.466 e. The quantitative estimate of drug-likeness (QED) is 0.633. The summed E-state index contributed by atoms with van der Waals surface area (Å²) in [6.45, 7) is 0.882. The maximum atomic E-state index is 11.4. The molecule has 0 aromatic heterocycles. The lowest BCUT2D eigenvalue weighted by atomic mass is 10.1. The van der Waals surface area contributed by atoms with Crippen molar-refractivity contribution in [2.75, 3.05) is 13.2 Å². The second-order valence-electron chi connectivity index (χ2n) is 5.12. The summed E-state index contributed by atoms with van der Waals surface area (Å²) in [7, 11) is 0. The maximum Gasteiger partial charge on any atom is 0.305 e. The van der Waals surface area contributed by atoms with Crippen molar-refractivity contribution >= 4 is 11.9 Å². The number of cyclic esters (lactones) is 2. The van der Waals surface area contributed by atoms with Gasteiger partial charge in [-0.1, -0.05) is 32.1 Å². The Kier molecular flexibility index (Phi) is 9.11. The van der Waals surface area contributed by atoms with Gasteiger partial charge in [-0.2, -0.15) is 0 Å². The molecule has 0 atom stereocenters. The zero-order valence-corrected chi connectivity index (χ0v) is 11.8. The van der Waals surface area contributed by atoms with Crippen LogP contribution in [0, 0.1) is 0 Å². The minimum Gasteiger partial charge on any atom is -0.466 e. The van der Waals surface area contributed by atoms with E-state index in [-0.39, 0.29) is 11.9 Å². The van der Waals surface area contributed by atoms with Crippen LogP contribution in [0.15, 0.2) is 0 Å². The molecule has 0 aromatic rings. The normalized spacial score (nSPS) is 22.1. The molecule has 1 heterocycles. The number of carbonyl (C=O) groups is 2. The summed E-state index contributed by atoms with van der Waals surface area (Å²) in [6.07, 6.45) is 10.2. The van der Waals surface area contributed by atoms with Crippen LogP contribution >= 0.6 is 0 Å². The van der Waals surface area contributed by atoms with Crippen molar-refractivity contribution in [2.24, 2.45) is 0 Å². The van der Waals surface area contributed by atoms with Gasteiger partial charge in [0.25, 0.3) is 0 Å². The second kappa shape index (κ2) is 10.8. The molecule has 0 amide bonds. The number of hydrogen-bond acceptors (Lipinski definition) is 4. The summed E-state index contributed by atoms with van der Waals surface area (Å²) in [5.74, 6) is -0.192. The lowest BCUT2D eigenvalue weighted by Gasteiger charge is -2.05. The van der Waals surface area contributed by atoms with Crippen LogP contribution in [0.4, 0.5) is 0 Å². The zero-order valence-electron chi connectivity index (χ0n) is 11.8. The summed E-state index contributed by atoms with van der Waals surface area (Å²) < 4.78 is 10.2. The van der Waals surface area contributed by atoms with Crippen molar-refractivity contribution < 1.29 is 19.1 Å². The molecule has 0 spiro atoms. The summed E-state index contributed by atoms with van der Waals surface area (Å²) in [5.41, 5.74) is 0. The first-order valence-electron chi connectivity index (χ1n) is 7.60. The van der Waals surface area contributed by atoms with Crippen molar-refractivity contribution in [1.29, 1.82) is 0 Å². The fraction of sp³-hybridized carbons (Fsp3) is 0.867. The highest BCUT2D eigenvalue weighted by Crippen LogP contribution is 2.11. The number of hydrogen-bond donors (Lipinski definition) is 0. The molecule has 1 aliphatic heterocycles. The Morgan fingerprint density at radius 1 is 0.526 bits per heavy atom. The van der Waals surface area contributed by atoms with E-state index in [1.165, 1.54) is 6.42 Å². The predicted octanol–water partition coefficient (Wildman–Crippen LogP) is 3.38. The lowest BCUT2D eigenvalue weighted by Crippen LogP contribution is -2.08. The molecule has 0 unspecified atom stereocenters. The monoisotopic (exact) mass is 270 g/mol. The van der Waals surface area contributed by atoms with Gasteiger partial charge in [-0.05, 0) is 25.7 Å². The van der Waals surface area contributed by atoms with Crippen molar-refractivity contribution in [3.63, 3.8) is 0 Å². The molecule has 0 saturated carbocycles. The SMILES string of the molecule is O=C1CCCCCCCCCC(=O)OCCCCO1. The van der Waals surface area contributed by atoms with Crippen LogP contribution in [-0.4, -0.2) is 25.2 Å². The van der Waals surface area contributed by atoms with Crippen LogP contribution in [0.1, 0.15) is 70.6 Å². The van der Waals surface area contributed by atoms with E-state index in [2.05, 4.69) is 0 Å². The summed E-state index contributed by atoms with van der Waals surface area (Å²) >= 11 is 0. The fourth-order valence-corrected chi connectivity index (χ4v) is 2.14. The third-order valence-corrected chi connectivity index (χ3v) is 3.33. The van der Waals surface area contributed by atoms with E-state index in [9.17, 15) is 9.59 Å². The molecule has 1 aliphatic rings. The van der Waals surface area contributed by atoms with E-state index in [1.807, 2.05) is 0 Å². The molecule has 1 rings (SSSR count). The fourth-order valence-electron chi connectivity index (χ4n) is 2.14. The molecule has 4 nitrogen and oxygen atoms in total. The van der Waals surface area contributed by atoms with Gasteiger partial charge < -0.3 is 9.47 Å². The van der Waals surface area contributed by atoms with E-state index in [4.69, 9.17) is 9.47 Å². The van der Waals surface area contributed by atoms with Gasteiger partial charge >= 0.3 is 11.9 Å². The molecular weight excluding hydrogens is 244 g/mol. The van der Waals surface area contributed by atoms with Gasteiger partial charge in [0.2, 0.25) is 0 Å². The number of rotatable bonds is 0. The second-order valence-corrected chi connectivity index (χ2v) is 5.12. The van der Waals surface area contributed by atoms with Gasteiger partial charge in [0.05, 0.1) is 13.2 Å². The molecule has 19 heavy (non-hydrogen) atoms. The van der Waals surface area contributed by atoms with Crippen LogP contribution < -0.4 is 0 Å². The average molecular weight is 270 g/mol. The number of esters is 2. The van der Waals surface area contributed by atoms with Crippen LogP contribution in [0.2, 0.25) is 0 Å². The first-order chi connectivity index (χ1) is 9.29. The third-order valence-electron chi connectivity index (χ3n) is 3.33. The maximum absolute atomic E-state index is 11.4. The molecule has 0 N–H and O–H groups in total. The van der Waals surface area contributed by atoms with Crippen molar-refractivity contribution in [1.82, 2.24) is 0 Å². The molecule has 110 valence electrons. The Balaban J connectivity index is 2.21. The highest BCUT2D eigenvalue weighted by Gasteiger charge is 2.05. The van der Waals surface area contributed by atoms with Crippen LogP contribution in [0.3, 0.4) is 0 Å². The standard InChI is InChI=1S/C15H26O4/c16-14-10-6-4-2-1-3-5-7-11-15(17)19-13-9-8-12-18-14/h1-13H2. The first-order valence-corrected chi connectivity index (χ1v) is 7.60. The summed E-state index contributed by atoms with van der Waals surface area (Å²) in [5, 5.41) is 0. The summed E-state index contributed by atoms with van der Waals surface area (Å²) in [6, 6.07) is 0. The minimum atomic E-state index is -0.0960. The third kappa shape index (κ3) is 9.51. The smallest absolute Gasteiger partial charge is 0.305 e. The lowest BCUT2D eigenvalue weighted by molar-refractivity contribution is -0.146. The van der Waals surface area contributed by atoms with Gasteiger partial charge in [-0.15, -0.1) is 0 Å². The van der Waals surface area contributed by atoms with E-state index in [1.54, 1.807) is 0 Å². The molecule has 0 aromatic carbocycles. The van der Waals surface area contributed by atoms with Crippen LogP contribution in [-0.2, 0) is 19.1 Å². The summed E-state index contributed by atoms with van der Waals surface area (Å²) in [4.78, 5) is 22.8. The molecule has 1 saturated heterocycles. The Morgan fingerprint density at radius 3 is 1.32 bits per heavy atom. The highest BCUT2D eigenvalue weighted by atomic mass is 16.5. The Hall–Kier alpha value is -1.06. The van der Waals surface area contributed by atoms with E-state index < -0.39 is 0 Å². The zero-order chi connectivity index (χ0) is 13.8.